The highest BCUT2D eigenvalue weighted by molar-refractivity contribution is 9.10. The lowest BCUT2D eigenvalue weighted by atomic mass is 9.97. The van der Waals surface area contributed by atoms with Crippen LogP contribution in [0, 0.1) is 5.92 Å². The van der Waals surface area contributed by atoms with Crippen LogP contribution in [-0.2, 0) is 9.53 Å². The molecule has 0 aromatic heterocycles. The lowest BCUT2D eigenvalue weighted by molar-refractivity contribution is -0.143. The van der Waals surface area contributed by atoms with Crippen molar-refractivity contribution in [2.45, 2.75) is 18.9 Å². The van der Waals surface area contributed by atoms with Gasteiger partial charge in [0.15, 0.2) is 0 Å². The number of carbonyl (C=O) groups is 1. The summed E-state index contributed by atoms with van der Waals surface area (Å²) >= 11 is 3.44. The van der Waals surface area contributed by atoms with E-state index in [2.05, 4.69) is 33.4 Å². The van der Waals surface area contributed by atoms with Crippen molar-refractivity contribution in [3.05, 3.63) is 34.3 Å². The Bertz CT molecular complexity index is 491. The number of ether oxygens (including phenoxy) is 1. The number of morpholine rings is 1. The zero-order valence-corrected chi connectivity index (χ0v) is 14.9. The number of hydrogen-bond donors (Lipinski definition) is 1. The summed E-state index contributed by atoms with van der Waals surface area (Å²) in [7, 11) is 0. The first-order valence-corrected chi connectivity index (χ1v) is 8.40. The van der Waals surface area contributed by atoms with E-state index in [0.29, 0.717) is 19.7 Å². The van der Waals surface area contributed by atoms with Gasteiger partial charge in [-0.15, -0.1) is 12.4 Å². The molecule has 0 radical (unpaired) electrons. The van der Waals surface area contributed by atoms with E-state index < -0.39 is 0 Å². The Morgan fingerprint density at radius 2 is 2.09 bits per heavy atom. The van der Waals surface area contributed by atoms with E-state index in [1.165, 1.54) is 0 Å². The molecule has 2 unspecified atom stereocenters. The highest BCUT2D eigenvalue weighted by Crippen LogP contribution is 2.25. The number of hydrogen-bond acceptors (Lipinski definition) is 3. The fourth-order valence-electron chi connectivity index (χ4n) is 3.05. The fourth-order valence-corrected chi connectivity index (χ4v) is 3.31. The van der Waals surface area contributed by atoms with Crippen molar-refractivity contribution in [1.29, 1.82) is 0 Å². The van der Waals surface area contributed by atoms with Gasteiger partial charge in [-0.25, -0.2) is 0 Å². The molecule has 0 bridgehead atoms. The molecule has 0 saturated carbocycles. The second kappa shape index (κ2) is 8.29. The molecule has 3 rings (SSSR count). The zero-order chi connectivity index (χ0) is 14.7. The van der Waals surface area contributed by atoms with Gasteiger partial charge in [0, 0.05) is 17.6 Å². The molecule has 1 amide bonds. The van der Waals surface area contributed by atoms with E-state index in [0.717, 1.165) is 36.0 Å². The summed E-state index contributed by atoms with van der Waals surface area (Å²) in [5, 5.41) is 3.32. The number of halogens is 2. The normalized spacial score (nSPS) is 25.4. The van der Waals surface area contributed by atoms with E-state index >= 15 is 0 Å². The van der Waals surface area contributed by atoms with Crippen molar-refractivity contribution in [2.24, 2.45) is 5.92 Å². The lowest BCUT2D eigenvalue weighted by Crippen LogP contribution is -2.48. The number of carbonyl (C=O) groups excluding carboxylic acids is 1. The number of nitrogens with zero attached hydrogens (tertiary/aromatic N) is 1. The van der Waals surface area contributed by atoms with Gasteiger partial charge in [0.25, 0.3) is 0 Å². The van der Waals surface area contributed by atoms with Gasteiger partial charge in [-0.2, -0.15) is 0 Å². The maximum atomic E-state index is 12.6. The van der Waals surface area contributed by atoms with Crippen molar-refractivity contribution >= 4 is 34.2 Å². The molecule has 1 N–H and O–H groups in total. The van der Waals surface area contributed by atoms with Gasteiger partial charge in [0.05, 0.1) is 19.1 Å². The van der Waals surface area contributed by atoms with Gasteiger partial charge in [-0.3, -0.25) is 4.79 Å². The van der Waals surface area contributed by atoms with Gasteiger partial charge in [-0.05, 0) is 37.1 Å². The first kappa shape index (κ1) is 17.7. The highest BCUT2D eigenvalue weighted by Gasteiger charge is 2.30. The van der Waals surface area contributed by atoms with Crippen LogP contribution in [0.4, 0.5) is 0 Å². The lowest BCUT2D eigenvalue weighted by Gasteiger charge is -2.36. The standard InChI is InChI=1S/C16H21BrN2O2.ClH/c17-14-5-3-12(4-6-14)15-11-19(8-9-21-15)16(20)13-2-1-7-18-10-13;/h3-6,13,15,18H,1-2,7-11H2;1H. The molecule has 0 spiro atoms. The van der Waals surface area contributed by atoms with E-state index in [9.17, 15) is 4.79 Å². The third-order valence-electron chi connectivity index (χ3n) is 4.27. The van der Waals surface area contributed by atoms with Gasteiger partial charge in [0.2, 0.25) is 5.91 Å². The molecule has 0 aliphatic carbocycles. The van der Waals surface area contributed by atoms with E-state index in [1.807, 2.05) is 17.0 Å². The first-order valence-electron chi connectivity index (χ1n) is 7.60. The molecule has 2 aliphatic rings. The molecule has 4 nitrogen and oxygen atoms in total. The van der Waals surface area contributed by atoms with Crippen LogP contribution >= 0.6 is 28.3 Å². The molecule has 22 heavy (non-hydrogen) atoms. The summed E-state index contributed by atoms with van der Waals surface area (Å²) in [5.74, 6) is 0.426. The first-order chi connectivity index (χ1) is 10.2. The van der Waals surface area contributed by atoms with Crippen LogP contribution in [0.3, 0.4) is 0 Å². The summed E-state index contributed by atoms with van der Waals surface area (Å²) in [6.07, 6.45) is 2.09. The van der Waals surface area contributed by atoms with Gasteiger partial charge >= 0.3 is 0 Å². The minimum atomic E-state index is -0.00708. The maximum absolute atomic E-state index is 12.6. The number of piperidine rings is 1. The summed E-state index contributed by atoms with van der Waals surface area (Å²) in [6.45, 7) is 3.85. The molecule has 1 aromatic rings. The summed E-state index contributed by atoms with van der Waals surface area (Å²) in [4.78, 5) is 14.6. The summed E-state index contributed by atoms with van der Waals surface area (Å²) < 4.78 is 6.91. The van der Waals surface area contributed by atoms with Crippen molar-refractivity contribution < 1.29 is 9.53 Å². The van der Waals surface area contributed by atoms with Crippen LogP contribution in [-0.4, -0.2) is 43.6 Å². The third-order valence-corrected chi connectivity index (χ3v) is 4.79. The van der Waals surface area contributed by atoms with Gasteiger partial charge < -0.3 is 15.0 Å². The Morgan fingerprint density at radius 3 is 2.77 bits per heavy atom. The maximum Gasteiger partial charge on any atom is 0.227 e. The van der Waals surface area contributed by atoms with Crippen molar-refractivity contribution in [2.75, 3.05) is 32.8 Å². The minimum absolute atomic E-state index is 0. The average molecular weight is 390 g/mol. The Hall–Kier alpha value is -0.620. The third kappa shape index (κ3) is 4.22. The smallest absolute Gasteiger partial charge is 0.227 e. The quantitative estimate of drug-likeness (QED) is 0.845. The van der Waals surface area contributed by atoms with Crippen LogP contribution < -0.4 is 5.32 Å². The van der Waals surface area contributed by atoms with Crippen LogP contribution in [0.1, 0.15) is 24.5 Å². The predicted molar refractivity (Wildman–Crippen MR) is 92.3 cm³/mol. The Balaban J connectivity index is 0.00000176. The number of rotatable bonds is 2. The number of nitrogens with one attached hydrogen (secondary N) is 1. The second-order valence-electron chi connectivity index (χ2n) is 5.74. The monoisotopic (exact) mass is 388 g/mol. The topological polar surface area (TPSA) is 41.6 Å². The van der Waals surface area contributed by atoms with Crippen LogP contribution in [0.5, 0.6) is 0 Å². The molecular formula is C16H22BrClN2O2. The molecule has 2 atom stereocenters. The summed E-state index contributed by atoms with van der Waals surface area (Å²) in [5.41, 5.74) is 1.14. The molecule has 2 fully saturated rings. The molecular weight excluding hydrogens is 368 g/mol. The molecule has 122 valence electrons. The predicted octanol–water partition coefficient (Wildman–Crippen LogP) is 2.77. The molecule has 2 saturated heterocycles. The Morgan fingerprint density at radius 1 is 1.32 bits per heavy atom. The minimum Gasteiger partial charge on any atom is -0.370 e. The largest absolute Gasteiger partial charge is 0.370 e. The van der Waals surface area contributed by atoms with Gasteiger partial charge in [-0.1, -0.05) is 28.1 Å². The Labute approximate surface area is 146 Å². The van der Waals surface area contributed by atoms with E-state index in [1.54, 1.807) is 0 Å². The van der Waals surface area contributed by atoms with Crippen molar-refractivity contribution in [3.8, 4) is 0 Å². The van der Waals surface area contributed by atoms with Crippen LogP contribution in [0.2, 0.25) is 0 Å². The number of benzene rings is 1. The van der Waals surface area contributed by atoms with Crippen LogP contribution in [0.15, 0.2) is 28.7 Å². The Kier molecular flexibility index (Phi) is 6.68. The molecule has 2 heterocycles. The highest BCUT2D eigenvalue weighted by atomic mass is 79.9. The van der Waals surface area contributed by atoms with Gasteiger partial charge in [0.1, 0.15) is 6.10 Å². The zero-order valence-electron chi connectivity index (χ0n) is 12.5. The SMILES string of the molecule is Cl.O=C(C1CCCNC1)N1CCOC(c2ccc(Br)cc2)C1. The molecule has 2 aliphatic heterocycles. The van der Waals surface area contributed by atoms with E-state index in [4.69, 9.17) is 4.74 Å². The van der Waals surface area contributed by atoms with Crippen molar-refractivity contribution in [3.63, 3.8) is 0 Å². The molecule has 1 aromatic carbocycles. The molecule has 6 heteroatoms. The fraction of sp³-hybridized carbons (Fsp3) is 0.562. The van der Waals surface area contributed by atoms with Crippen molar-refractivity contribution in [1.82, 2.24) is 10.2 Å². The van der Waals surface area contributed by atoms with E-state index in [-0.39, 0.29) is 30.3 Å². The summed E-state index contributed by atoms with van der Waals surface area (Å²) in [6, 6.07) is 8.16. The second-order valence-corrected chi connectivity index (χ2v) is 6.65. The van der Waals surface area contributed by atoms with Crippen LogP contribution in [0.25, 0.3) is 0 Å². The average Bonchev–Trinajstić information content (AvgIpc) is 2.56. The number of amides is 1.